The van der Waals surface area contributed by atoms with E-state index >= 15 is 0 Å². The molecular formula is C16H16N2O5. The van der Waals surface area contributed by atoms with Crippen LogP contribution in [0.5, 0.6) is 5.75 Å². The SMILES string of the molecule is CCOc1ccc(NC(C(=O)O)c2ccccc2)c([N+](=O)[O-])c1. The third-order valence-electron chi connectivity index (χ3n) is 3.16. The van der Waals surface area contributed by atoms with Crippen LogP contribution in [-0.2, 0) is 4.79 Å². The summed E-state index contributed by atoms with van der Waals surface area (Å²) in [4.78, 5) is 22.2. The van der Waals surface area contributed by atoms with Gasteiger partial charge in [-0.05, 0) is 24.6 Å². The van der Waals surface area contributed by atoms with Gasteiger partial charge >= 0.3 is 5.97 Å². The van der Waals surface area contributed by atoms with Gasteiger partial charge in [0.15, 0.2) is 6.04 Å². The summed E-state index contributed by atoms with van der Waals surface area (Å²) >= 11 is 0. The van der Waals surface area contributed by atoms with Crippen LogP contribution in [0.4, 0.5) is 11.4 Å². The molecule has 1 atom stereocenters. The van der Waals surface area contributed by atoms with Crippen molar-refractivity contribution in [3.05, 3.63) is 64.2 Å². The second-order valence-electron chi connectivity index (χ2n) is 4.70. The van der Waals surface area contributed by atoms with Crippen molar-refractivity contribution < 1.29 is 19.6 Å². The topological polar surface area (TPSA) is 102 Å². The van der Waals surface area contributed by atoms with Gasteiger partial charge < -0.3 is 15.2 Å². The van der Waals surface area contributed by atoms with E-state index < -0.39 is 16.9 Å². The summed E-state index contributed by atoms with van der Waals surface area (Å²) < 4.78 is 5.24. The molecule has 0 aliphatic carbocycles. The summed E-state index contributed by atoms with van der Waals surface area (Å²) in [5.74, 6) is -0.768. The molecule has 120 valence electrons. The number of hydrogen-bond donors (Lipinski definition) is 2. The molecule has 23 heavy (non-hydrogen) atoms. The van der Waals surface area contributed by atoms with Gasteiger partial charge in [-0.2, -0.15) is 0 Å². The molecule has 0 fully saturated rings. The van der Waals surface area contributed by atoms with Crippen molar-refractivity contribution in [2.24, 2.45) is 0 Å². The lowest BCUT2D eigenvalue weighted by Gasteiger charge is -2.16. The quantitative estimate of drug-likeness (QED) is 0.600. The molecule has 0 spiro atoms. The van der Waals surface area contributed by atoms with Gasteiger partial charge in [0.2, 0.25) is 0 Å². The summed E-state index contributed by atoms with van der Waals surface area (Å²) in [5, 5.41) is 23.3. The van der Waals surface area contributed by atoms with Gasteiger partial charge in [-0.3, -0.25) is 10.1 Å². The van der Waals surface area contributed by atoms with Crippen molar-refractivity contribution in [1.29, 1.82) is 0 Å². The summed E-state index contributed by atoms with van der Waals surface area (Å²) in [7, 11) is 0. The second kappa shape index (κ2) is 7.26. The Hall–Kier alpha value is -3.09. The van der Waals surface area contributed by atoms with Crippen LogP contribution < -0.4 is 10.1 Å². The number of nitrogens with zero attached hydrogens (tertiary/aromatic N) is 1. The zero-order valence-electron chi connectivity index (χ0n) is 12.4. The number of carbonyl (C=O) groups is 1. The van der Waals surface area contributed by atoms with Crippen LogP contribution in [0.1, 0.15) is 18.5 Å². The molecule has 7 heteroatoms. The highest BCUT2D eigenvalue weighted by atomic mass is 16.6. The Kier molecular flexibility index (Phi) is 5.14. The first-order valence-corrected chi connectivity index (χ1v) is 6.98. The lowest BCUT2D eigenvalue weighted by Crippen LogP contribution is -2.21. The van der Waals surface area contributed by atoms with Crippen molar-refractivity contribution in [1.82, 2.24) is 0 Å². The first-order chi connectivity index (χ1) is 11.0. The number of ether oxygens (including phenoxy) is 1. The Bertz CT molecular complexity index is 703. The summed E-state index contributed by atoms with van der Waals surface area (Å²) in [6.45, 7) is 2.15. The summed E-state index contributed by atoms with van der Waals surface area (Å²) in [5.41, 5.74) is 0.385. The van der Waals surface area contributed by atoms with Crippen molar-refractivity contribution >= 4 is 17.3 Å². The smallest absolute Gasteiger partial charge is 0.330 e. The van der Waals surface area contributed by atoms with Crippen LogP contribution in [0.3, 0.4) is 0 Å². The van der Waals surface area contributed by atoms with Crippen molar-refractivity contribution in [2.45, 2.75) is 13.0 Å². The normalized spacial score (nSPS) is 11.5. The maximum absolute atomic E-state index is 11.5. The average molecular weight is 316 g/mol. The summed E-state index contributed by atoms with van der Waals surface area (Å²) in [6.07, 6.45) is 0. The van der Waals surface area contributed by atoms with E-state index in [0.29, 0.717) is 17.9 Å². The molecule has 0 heterocycles. The first kappa shape index (κ1) is 16.3. The molecular weight excluding hydrogens is 300 g/mol. The Morgan fingerprint density at radius 3 is 2.57 bits per heavy atom. The van der Waals surface area contributed by atoms with Crippen molar-refractivity contribution in [2.75, 3.05) is 11.9 Å². The molecule has 2 aromatic carbocycles. The molecule has 0 aromatic heterocycles. The number of nitro benzene ring substituents is 1. The highest BCUT2D eigenvalue weighted by Gasteiger charge is 2.24. The Balaban J connectivity index is 2.36. The minimum atomic E-state index is -1.13. The van der Waals surface area contributed by atoms with Crippen LogP contribution >= 0.6 is 0 Å². The first-order valence-electron chi connectivity index (χ1n) is 6.98. The second-order valence-corrected chi connectivity index (χ2v) is 4.70. The predicted octanol–water partition coefficient (Wildman–Crippen LogP) is 3.23. The van der Waals surface area contributed by atoms with E-state index in [1.807, 2.05) is 0 Å². The van der Waals surface area contributed by atoms with Crippen LogP contribution in [0, 0.1) is 10.1 Å². The largest absolute Gasteiger partial charge is 0.494 e. The molecule has 0 bridgehead atoms. The standard InChI is InChI=1S/C16H16N2O5/c1-2-23-12-8-9-13(14(10-12)18(21)22)17-15(16(19)20)11-6-4-3-5-7-11/h3-10,15,17H,2H2,1H3,(H,19,20). The van der Waals surface area contributed by atoms with E-state index in [4.69, 9.17) is 4.74 Å². The van der Waals surface area contributed by atoms with E-state index in [2.05, 4.69) is 5.32 Å². The maximum Gasteiger partial charge on any atom is 0.330 e. The lowest BCUT2D eigenvalue weighted by atomic mass is 10.1. The van der Waals surface area contributed by atoms with Crippen molar-refractivity contribution in [3.63, 3.8) is 0 Å². The van der Waals surface area contributed by atoms with Gasteiger partial charge in [0.25, 0.3) is 5.69 Å². The molecule has 2 N–H and O–H groups in total. The Labute approximate surface area is 132 Å². The van der Waals surface area contributed by atoms with Gasteiger partial charge in [0, 0.05) is 0 Å². The Morgan fingerprint density at radius 1 is 1.30 bits per heavy atom. The number of hydrogen-bond acceptors (Lipinski definition) is 5. The zero-order chi connectivity index (χ0) is 16.8. The molecule has 0 radical (unpaired) electrons. The van der Waals surface area contributed by atoms with Crippen LogP contribution in [0.15, 0.2) is 48.5 Å². The molecule has 1 unspecified atom stereocenters. The van der Waals surface area contributed by atoms with Gasteiger partial charge in [-0.1, -0.05) is 30.3 Å². The number of carboxylic acids is 1. The van der Waals surface area contributed by atoms with Crippen molar-refractivity contribution in [3.8, 4) is 5.75 Å². The molecule has 2 aromatic rings. The monoisotopic (exact) mass is 316 g/mol. The highest BCUT2D eigenvalue weighted by Crippen LogP contribution is 2.32. The number of anilines is 1. The number of carboxylic acid groups (broad SMARTS) is 1. The lowest BCUT2D eigenvalue weighted by molar-refractivity contribution is -0.384. The molecule has 0 aliphatic heterocycles. The zero-order valence-corrected chi connectivity index (χ0v) is 12.4. The van der Waals surface area contributed by atoms with Crippen LogP contribution in [0.2, 0.25) is 0 Å². The highest BCUT2D eigenvalue weighted by molar-refractivity contribution is 5.81. The molecule has 7 nitrogen and oxygen atoms in total. The number of rotatable bonds is 7. The molecule has 0 saturated carbocycles. The minimum Gasteiger partial charge on any atom is -0.494 e. The number of benzene rings is 2. The number of nitro groups is 1. The van der Waals surface area contributed by atoms with Crippen LogP contribution in [0.25, 0.3) is 0 Å². The van der Waals surface area contributed by atoms with Gasteiger partial charge in [0.1, 0.15) is 11.4 Å². The fraction of sp³-hybridized carbons (Fsp3) is 0.188. The van der Waals surface area contributed by atoms with Gasteiger partial charge in [-0.15, -0.1) is 0 Å². The molecule has 0 amide bonds. The predicted molar refractivity (Wildman–Crippen MR) is 84.7 cm³/mol. The third kappa shape index (κ3) is 3.97. The maximum atomic E-state index is 11.5. The van der Waals surface area contributed by atoms with E-state index in [-0.39, 0.29) is 11.4 Å². The molecule has 2 rings (SSSR count). The van der Waals surface area contributed by atoms with E-state index in [9.17, 15) is 20.0 Å². The fourth-order valence-corrected chi connectivity index (χ4v) is 2.13. The fourth-order valence-electron chi connectivity index (χ4n) is 2.13. The molecule has 0 saturated heterocycles. The average Bonchev–Trinajstić information content (AvgIpc) is 2.54. The number of nitrogens with one attached hydrogen (secondary N) is 1. The minimum absolute atomic E-state index is 0.120. The number of aliphatic carboxylic acids is 1. The summed E-state index contributed by atoms with van der Waals surface area (Å²) in [6, 6.07) is 11.7. The third-order valence-corrected chi connectivity index (χ3v) is 3.16. The molecule has 0 aliphatic rings. The van der Waals surface area contributed by atoms with E-state index in [1.54, 1.807) is 43.3 Å². The Morgan fingerprint density at radius 2 is 2.00 bits per heavy atom. The van der Waals surface area contributed by atoms with Gasteiger partial charge in [0.05, 0.1) is 17.6 Å². The van der Waals surface area contributed by atoms with Crippen LogP contribution in [-0.4, -0.2) is 22.6 Å². The van der Waals surface area contributed by atoms with Gasteiger partial charge in [-0.25, -0.2) is 4.79 Å². The van der Waals surface area contributed by atoms with E-state index in [1.165, 1.54) is 12.1 Å². The van der Waals surface area contributed by atoms with E-state index in [0.717, 1.165) is 0 Å².